The van der Waals surface area contributed by atoms with E-state index < -0.39 is 0 Å². The molecule has 0 aliphatic rings. The van der Waals surface area contributed by atoms with E-state index in [2.05, 4.69) is 24.0 Å². The minimum absolute atomic E-state index is 0.137. The summed E-state index contributed by atoms with van der Waals surface area (Å²) in [5.41, 5.74) is 1.70. The molecule has 1 atom stereocenters. The molecule has 0 bridgehead atoms. The number of ether oxygens (including phenoxy) is 1. The van der Waals surface area contributed by atoms with Gasteiger partial charge in [-0.15, -0.1) is 11.8 Å². The Labute approximate surface area is 140 Å². The molecule has 0 amide bonds. The molecular weight excluding hydrogens is 312 g/mol. The lowest BCUT2D eigenvalue weighted by atomic mass is 10.1. The number of unbranched alkanes of at least 4 members (excludes halogenated alkanes) is 1. The number of carbonyl (C=O) groups excluding carboxylic acids is 1. The van der Waals surface area contributed by atoms with Crippen LogP contribution in [-0.4, -0.2) is 23.2 Å². The Morgan fingerprint density at radius 2 is 2.09 bits per heavy atom. The van der Waals surface area contributed by atoms with Crippen LogP contribution in [0, 0.1) is 0 Å². The Morgan fingerprint density at radius 1 is 1.35 bits per heavy atom. The highest BCUT2D eigenvalue weighted by Gasteiger charge is 2.15. The normalized spacial score (nSPS) is 12.1. The minimum Gasteiger partial charge on any atom is -0.465 e. The van der Waals surface area contributed by atoms with Gasteiger partial charge >= 0.3 is 5.97 Å². The smallest absolute Gasteiger partial charge is 0.337 e. The van der Waals surface area contributed by atoms with Gasteiger partial charge in [-0.05, 0) is 31.0 Å². The number of benzene rings is 1. The van der Waals surface area contributed by atoms with Crippen molar-refractivity contribution in [3.63, 3.8) is 0 Å². The lowest BCUT2D eigenvalue weighted by Crippen LogP contribution is -2.00. The van der Waals surface area contributed by atoms with E-state index >= 15 is 0 Å². The van der Waals surface area contributed by atoms with E-state index in [1.54, 1.807) is 23.9 Å². The first-order valence-electron chi connectivity index (χ1n) is 7.75. The maximum Gasteiger partial charge on any atom is 0.337 e. The zero-order valence-electron chi connectivity index (χ0n) is 13.7. The van der Waals surface area contributed by atoms with Gasteiger partial charge in [0.25, 0.3) is 0 Å². The molecule has 1 aromatic carbocycles. The van der Waals surface area contributed by atoms with Crippen molar-refractivity contribution in [2.75, 3.05) is 7.11 Å². The van der Waals surface area contributed by atoms with E-state index in [0.29, 0.717) is 11.5 Å². The van der Waals surface area contributed by atoms with Gasteiger partial charge in [-0.3, -0.25) is 0 Å². The fourth-order valence-corrected chi connectivity index (χ4v) is 2.89. The summed E-state index contributed by atoms with van der Waals surface area (Å²) in [5.74, 6) is 1.96. The Bertz CT molecular complexity index is 625. The Morgan fingerprint density at radius 3 is 2.74 bits per heavy atom. The summed E-state index contributed by atoms with van der Waals surface area (Å²) in [7, 11) is 1.38. The third kappa shape index (κ3) is 5.10. The van der Waals surface area contributed by atoms with E-state index in [1.807, 2.05) is 12.1 Å². The summed E-state index contributed by atoms with van der Waals surface area (Å²) < 4.78 is 10.0. The Hall–Kier alpha value is -1.82. The molecule has 1 heterocycles. The van der Waals surface area contributed by atoms with Crippen molar-refractivity contribution in [3.8, 4) is 0 Å². The molecule has 0 radical (unpaired) electrons. The zero-order valence-corrected chi connectivity index (χ0v) is 14.6. The van der Waals surface area contributed by atoms with E-state index in [4.69, 9.17) is 9.26 Å². The molecule has 0 saturated heterocycles. The second-order valence-electron chi connectivity index (χ2n) is 5.29. The van der Waals surface area contributed by atoms with Crippen molar-refractivity contribution in [3.05, 3.63) is 47.1 Å². The Balaban J connectivity index is 1.87. The first-order chi connectivity index (χ1) is 11.1. The molecule has 1 unspecified atom stereocenters. The zero-order chi connectivity index (χ0) is 16.7. The maximum atomic E-state index is 11.4. The minimum atomic E-state index is -0.317. The van der Waals surface area contributed by atoms with Crippen LogP contribution in [0.25, 0.3) is 0 Å². The molecular formula is C17H22N2O3S. The second kappa shape index (κ2) is 8.72. The molecule has 6 heteroatoms. The van der Waals surface area contributed by atoms with Crippen LogP contribution < -0.4 is 0 Å². The van der Waals surface area contributed by atoms with Gasteiger partial charge in [-0.1, -0.05) is 30.6 Å². The van der Waals surface area contributed by atoms with Crippen LogP contribution in [-0.2, 0) is 16.9 Å². The number of aryl methyl sites for hydroxylation is 1. The van der Waals surface area contributed by atoms with E-state index in [9.17, 15) is 4.79 Å². The summed E-state index contributed by atoms with van der Waals surface area (Å²) in [4.78, 5) is 15.8. The van der Waals surface area contributed by atoms with Crippen molar-refractivity contribution in [1.29, 1.82) is 0 Å². The lowest BCUT2D eigenvalue weighted by Gasteiger charge is -2.07. The average Bonchev–Trinajstić information content (AvgIpc) is 3.06. The average molecular weight is 334 g/mol. The molecule has 2 rings (SSSR count). The van der Waals surface area contributed by atoms with Crippen molar-refractivity contribution < 1.29 is 14.1 Å². The van der Waals surface area contributed by atoms with Gasteiger partial charge in [-0.25, -0.2) is 4.79 Å². The van der Waals surface area contributed by atoms with Gasteiger partial charge in [0, 0.05) is 12.2 Å². The lowest BCUT2D eigenvalue weighted by molar-refractivity contribution is 0.0600. The van der Waals surface area contributed by atoms with Crippen molar-refractivity contribution in [2.45, 2.75) is 44.1 Å². The number of carbonyl (C=O) groups is 1. The second-order valence-corrected chi connectivity index (χ2v) is 6.62. The SMILES string of the molecule is CCCCc1noc(C(C)SCc2ccc(C(=O)OC)cc2)n1. The number of nitrogens with zero attached hydrogens (tertiary/aromatic N) is 2. The quantitative estimate of drug-likeness (QED) is 0.674. The number of rotatable bonds is 8. The molecule has 0 fully saturated rings. The number of esters is 1. The summed E-state index contributed by atoms with van der Waals surface area (Å²) in [6.07, 6.45) is 3.06. The summed E-state index contributed by atoms with van der Waals surface area (Å²) in [5, 5.41) is 4.16. The van der Waals surface area contributed by atoms with Crippen LogP contribution in [0.1, 0.15) is 59.6 Å². The molecule has 1 aromatic heterocycles. The van der Waals surface area contributed by atoms with Crippen LogP contribution in [0.4, 0.5) is 0 Å². The summed E-state index contributed by atoms with van der Waals surface area (Å²) in [6.45, 7) is 4.20. The molecule has 0 aliphatic heterocycles. The van der Waals surface area contributed by atoms with Crippen LogP contribution >= 0.6 is 11.8 Å². The van der Waals surface area contributed by atoms with Crippen LogP contribution in [0.3, 0.4) is 0 Å². The van der Waals surface area contributed by atoms with E-state index in [1.165, 1.54) is 7.11 Å². The highest BCUT2D eigenvalue weighted by molar-refractivity contribution is 7.98. The third-order valence-electron chi connectivity index (χ3n) is 3.46. The van der Waals surface area contributed by atoms with Gasteiger partial charge in [0.1, 0.15) is 0 Å². The van der Waals surface area contributed by atoms with Crippen LogP contribution in [0.2, 0.25) is 0 Å². The van der Waals surface area contributed by atoms with Crippen LogP contribution in [0.15, 0.2) is 28.8 Å². The van der Waals surface area contributed by atoms with Crippen molar-refractivity contribution in [2.24, 2.45) is 0 Å². The van der Waals surface area contributed by atoms with Crippen molar-refractivity contribution in [1.82, 2.24) is 10.1 Å². The monoisotopic (exact) mass is 334 g/mol. The predicted molar refractivity (Wildman–Crippen MR) is 90.4 cm³/mol. The van der Waals surface area contributed by atoms with Gasteiger partial charge in [0.2, 0.25) is 5.89 Å². The summed E-state index contributed by atoms with van der Waals surface area (Å²) >= 11 is 1.73. The molecule has 124 valence electrons. The standard InChI is InChI=1S/C17H22N2O3S/c1-4-5-6-15-18-16(22-19-15)12(2)23-11-13-7-9-14(10-8-13)17(20)21-3/h7-10,12H,4-6,11H2,1-3H3. The first kappa shape index (κ1) is 17.5. The van der Waals surface area contributed by atoms with Gasteiger partial charge in [0.15, 0.2) is 5.82 Å². The van der Waals surface area contributed by atoms with Gasteiger partial charge in [0.05, 0.1) is 17.9 Å². The van der Waals surface area contributed by atoms with Crippen molar-refractivity contribution >= 4 is 17.7 Å². The summed E-state index contributed by atoms with van der Waals surface area (Å²) in [6, 6.07) is 7.43. The largest absolute Gasteiger partial charge is 0.465 e. The van der Waals surface area contributed by atoms with Gasteiger partial charge in [-0.2, -0.15) is 4.98 Å². The highest BCUT2D eigenvalue weighted by Crippen LogP contribution is 2.30. The molecule has 0 aliphatic carbocycles. The molecule has 0 spiro atoms. The molecule has 5 nitrogen and oxygen atoms in total. The van der Waals surface area contributed by atoms with Gasteiger partial charge < -0.3 is 9.26 Å². The molecule has 2 aromatic rings. The topological polar surface area (TPSA) is 65.2 Å². The van der Waals surface area contributed by atoms with E-state index in [-0.39, 0.29) is 11.2 Å². The first-order valence-corrected chi connectivity index (χ1v) is 8.80. The number of thioether (sulfide) groups is 1. The highest BCUT2D eigenvalue weighted by atomic mass is 32.2. The third-order valence-corrected chi connectivity index (χ3v) is 4.66. The number of hydrogen-bond acceptors (Lipinski definition) is 6. The fraction of sp³-hybridized carbons (Fsp3) is 0.471. The number of methoxy groups -OCH3 is 1. The molecule has 0 saturated carbocycles. The predicted octanol–water partition coefficient (Wildman–Crippen LogP) is 4.19. The fourth-order valence-electron chi connectivity index (χ4n) is 2.02. The van der Waals surface area contributed by atoms with Crippen LogP contribution in [0.5, 0.6) is 0 Å². The Kier molecular flexibility index (Phi) is 6.65. The molecule has 23 heavy (non-hydrogen) atoms. The maximum absolute atomic E-state index is 11.4. The number of aromatic nitrogens is 2. The molecule has 0 N–H and O–H groups in total. The van der Waals surface area contributed by atoms with E-state index in [0.717, 1.165) is 36.4 Å². The number of hydrogen-bond donors (Lipinski definition) is 0.